The molecule has 0 aliphatic heterocycles. The topological polar surface area (TPSA) is 98.5 Å². The fourth-order valence-corrected chi connectivity index (χ4v) is 2.72. The third-order valence-corrected chi connectivity index (χ3v) is 4.26. The summed E-state index contributed by atoms with van der Waals surface area (Å²) in [6, 6.07) is 20.3. The van der Waals surface area contributed by atoms with Crippen LogP contribution in [0.2, 0.25) is 0 Å². The van der Waals surface area contributed by atoms with Crippen LogP contribution < -0.4 is 5.32 Å². The van der Waals surface area contributed by atoms with Gasteiger partial charge in [-0.25, -0.2) is 4.79 Å². The fourth-order valence-electron chi connectivity index (χ4n) is 2.72. The van der Waals surface area contributed by atoms with E-state index in [1.165, 1.54) is 18.2 Å². The molecule has 0 bridgehead atoms. The number of nitrogens with zero attached hydrogens (tertiary/aromatic N) is 1. The molecule has 0 aromatic heterocycles. The molecule has 29 heavy (non-hydrogen) atoms. The number of nitrogens with one attached hydrogen (secondary N) is 1. The van der Waals surface area contributed by atoms with Gasteiger partial charge in [0.15, 0.2) is 6.61 Å². The van der Waals surface area contributed by atoms with Crippen molar-refractivity contribution in [3.63, 3.8) is 0 Å². The van der Waals surface area contributed by atoms with Crippen molar-refractivity contribution in [2.45, 2.75) is 6.92 Å². The van der Waals surface area contributed by atoms with Gasteiger partial charge in [-0.05, 0) is 31.2 Å². The number of rotatable bonds is 7. The Bertz CT molecular complexity index is 1060. The number of benzene rings is 3. The molecule has 7 heteroatoms. The van der Waals surface area contributed by atoms with E-state index in [4.69, 9.17) is 4.74 Å². The minimum absolute atomic E-state index is 0.116. The van der Waals surface area contributed by atoms with Gasteiger partial charge in [-0.3, -0.25) is 14.9 Å². The molecular weight excluding hydrogens is 372 g/mol. The summed E-state index contributed by atoms with van der Waals surface area (Å²) in [5.41, 5.74) is 2.03. The first-order valence-electron chi connectivity index (χ1n) is 8.82. The van der Waals surface area contributed by atoms with Crippen molar-refractivity contribution in [3.05, 3.63) is 99.6 Å². The molecule has 0 fully saturated rings. The molecule has 3 aromatic rings. The largest absolute Gasteiger partial charge is 0.454 e. The third-order valence-electron chi connectivity index (χ3n) is 4.26. The average Bonchev–Trinajstić information content (AvgIpc) is 2.73. The number of nitro benzene ring substituents is 1. The van der Waals surface area contributed by atoms with Crippen molar-refractivity contribution >= 4 is 28.8 Å². The lowest BCUT2D eigenvalue weighted by Crippen LogP contribution is -2.15. The average molecular weight is 390 g/mol. The number of para-hydroxylation sites is 2. The Morgan fingerprint density at radius 1 is 1.00 bits per heavy atom. The minimum Gasteiger partial charge on any atom is -0.454 e. The Kier molecular flexibility index (Phi) is 5.99. The van der Waals surface area contributed by atoms with Gasteiger partial charge in [-0.1, -0.05) is 42.5 Å². The highest BCUT2D eigenvalue weighted by atomic mass is 16.6. The summed E-state index contributed by atoms with van der Waals surface area (Å²) in [7, 11) is 0. The maximum absolute atomic E-state index is 12.5. The molecule has 3 aromatic carbocycles. The zero-order valence-corrected chi connectivity index (χ0v) is 15.6. The van der Waals surface area contributed by atoms with Crippen LogP contribution in [0.25, 0.3) is 0 Å². The third kappa shape index (κ3) is 4.84. The molecule has 3 rings (SSSR count). The lowest BCUT2D eigenvalue weighted by Gasteiger charge is -2.11. The van der Waals surface area contributed by atoms with Crippen molar-refractivity contribution in [2.75, 3.05) is 11.9 Å². The van der Waals surface area contributed by atoms with Crippen LogP contribution in [0.3, 0.4) is 0 Å². The first kappa shape index (κ1) is 19.8. The first-order valence-corrected chi connectivity index (χ1v) is 8.82. The Morgan fingerprint density at radius 3 is 2.41 bits per heavy atom. The highest BCUT2D eigenvalue weighted by molar-refractivity contribution is 6.01. The number of anilines is 2. The SMILES string of the molecule is Cc1ccc(C(=O)COC(=O)c2ccccc2Nc2ccccc2)cc1[N+](=O)[O-]. The number of nitro groups is 1. The Morgan fingerprint density at radius 2 is 1.69 bits per heavy atom. The Labute approximate surface area is 167 Å². The van der Waals surface area contributed by atoms with Gasteiger partial charge in [0.05, 0.1) is 16.2 Å². The van der Waals surface area contributed by atoms with E-state index in [0.717, 1.165) is 5.69 Å². The molecule has 0 aliphatic carbocycles. The predicted octanol–water partition coefficient (Wildman–Crippen LogP) is 4.69. The highest BCUT2D eigenvalue weighted by Gasteiger charge is 2.18. The van der Waals surface area contributed by atoms with E-state index in [2.05, 4.69) is 5.32 Å². The number of carbonyl (C=O) groups is 2. The van der Waals surface area contributed by atoms with E-state index >= 15 is 0 Å². The number of ether oxygens (including phenoxy) is 1. The molecule has 0 saturated carbocycles. The molecule has 0 atom stereocenters. The van der Waals surface area contributed by atoms with E-state index in [-0.39, 0.29) is 16.8 Å². The number of carbonyl (C=O) groups excluding carboxylic acids is 2. The summed E-state index contributed by atoms with van der Waals surface area (Å²) in [6.07, 6.45) is 0. The quantitative estimate of drug-likeness (QED) is 0.272. The van der Waals surface area contributed by atoms with E-state index < -0.39 is 23.3 Å². The van der Waals surface area contributed by atoms with Gasteiger partial charge in [0.2, 0.25) is 5.78 Å². The molecular formula is C22H18N2O5. The monoisotopic (exact) mass is 390 g/mol. The standard InChI is InChI=1S/C22H18N2O5/c1-15-11-12-16(13-20(15)24(27)28)21(25)14-29-22(26)18-9-5-6-10-19(18)23-17-7-3-2-4-8-17/h2-13,23H,14H2,1H3. The molecule has 0 aliphatic rings. The number of Topliss-reactive ketones (excluding diaryl/α,β-unsaturated/α-hetero) is 1. The molecule has 0 spiro atoms. The fraction of sp³-hybridized carbons (Fsp3) is 0.0909. The zero-order chi connectivity index (χ0) is 20.8. The number of ketones is 1. The van der Waals surface area contributed by atoms with Gasteiger partial charge in [-0.2, -0.15) is 0 Å². The molecule has 0 unspecified atom stereocenters. The summed E-state index contributed by atoms with van der Waals surface area (Å²) in [5.74, 6) is -1.19. The van der Waals surface area contributed by atoms with Gasteiger partial charge in [0.25, 0.3) is 5.69 Å². The van der Waals surface area contributed by atoms with E-state index in [1.807, 2.05) is 30.3 Å². The lowest BCUT2D eigenvalue weighted by atomic mass is 10.1. The molecule has 0 heterocycles. The van der Waals surface area contributed by atoms with Crippen molar-refractivity contribution in [2.24, 2.45) is 0 Å². The van der Waals surface area contributed by atoms with Crippen LogP contribution >= 0.6 is 0 Å². The normalized spacial score (nSPS) is 10.2. The molecule has 7 nitrogen and oxygen atoms in total. The summed E-state index contributed by atoms with van der Waals surface area (Å²) >= 11 is 0. The summed E-state index contributed by atoms with van der Waals surface area (Å²) in [6.45, 7) is 1.07. The van der Waals surface area contributed by atoms with Gasteiger partial charge in [-0.15, -0.1) is 0 Å². The smallest absolute Gasteiger partial charge is 0.340 e. The van der Waals surface area contributed by atoms with E-state index in [9.17, 15) is 19.7 Å². The molecule has 0 saturated heterocycles. The van der Waals surface area contributed by atoms with Crippen molar-refractivity contribution < 1.29 is 19.2 Å². The highest BCUT2D eigenvalue weighted by Crippen LogP contribution is 2.22. The van der Waals surface area contributed by atoms with Crippen LogP contribution in [-0.2, 0) is 4.74 Å². The van der Waals surface area contributed by atoms with Gasteiger partial charge in [0, 0.05) is 22.9 Å². The van der Waals surface area contributed by atoms with Crippen molar-refractivity contribution in [1.29, 1.82) is 0 Å². The van der Waals surface area contributed by atoms with Crippen LogP contribution in [0.5, 0.6) is 0 Å². The second-order valence-electron chi connectivity index (χ2n) is 6.29. The van der Waals surface area contributed by atoms with E-state index in [0.29, 0.717) is 11.3 Å². The van der Waals surface area contributed by atoms with Gasteiger partial charge < -0.3 is 10.1 Å². The van der Waals surface area contributed by atoms with Crippen LogP contribution in [0.4, 0.5) is 17.1 Å². The van der Waals surface area contributed by atoms with Crippen molar-refractivity contribution in [3.8, 4) is 0 Å². The lowest BCUT2D eigenvalue weighted by molar-refractivity contribution is -0.385. The second kappa shape index (κ2) is 8.79. The number of hydrogen-bond acceptors (Lipinski definition) is 6. The number of esters is 1. The predicted molar refractivity (Wildman–Crippen MR) is 109 cm³/mol. The van der Waals surface area contributed by atoms with Gasteiger partial charge >= 0.3 is 5.97 Å². The summed E-state index contributed by atoms with van der Waals surface area (Å²) < 4.78 is 5.15. The minimum atomic E-state index is -0.668. The molecule has 146 valence electrons. The molecule has 0 radical (unpaired) electrons. The second-order valence-corrected chi connectivity index (χ2v) is 6.29. The summed E-state index contributed by atoms with van der Waals surface area (Å²) in [4.78, 5) is 35.3. The zero-order valence-electron chi connectivity index (χ0n) is 15.6. The van der Waals surface area contributed by atoms with Gasteiger partial charge in [0.1, 0.15) is 0 Å². The van der Waals surface area contributed by atoms with Crippen LogP contribution in [-0.4, -0.2) is 23.3 Å². The number of hydrogen-bond donors (Lipinski definition) is 1. The maximum atomic E-state index is 12.5. The molecule has 0 amide bonds. The van der Waals surface area contributed by atoms with Crippen LogP contribution in [0, 0.1) is 17.0 Å². The van der Waals surface area contributed by atoms with Crippen LogP contribution in [0.15, 0.2) is 72.8 Å². The maximum Gasteiger partial charge on any atom is 0.340 e. The summed E-state index contributed by atoms with van der Waals surface area (Å²) in [5, 5.41) is 14.2. The molecule has 1 N–H and O–H groups in total. The number of aryl methyl sites for hydroxylation is 1. The van der Waals surface area contributed by atoms with Crippen molar-refractivity contribution in [1.82, 2.24) is 0 Å². The first-order chi connectivity index (χ1) is 14.0. The van der Waals surface area contributed by atoms with Crippen LogP contribution in [0.1, 0.15) is 26.3 Å². The Balaban J connectivity index is 1.71. The Hall–Kier alpha value is -4.00. The van der Waals surface area contributed by atoms with E-state index in [1.54, 1.807) is 31.2 Å².